The standard InChI is InChI=1S/C15H17N3O2/c1-18-10-16-9-13(18)15(19)17-8-11-4-5-14-12(7-11)3-2-6-20-14/h4-5,7,9-10H,2-3,6,8H2,1H3,(H,17,19). The third-order valence-electron chi connectivity index (χ3n) is 3.48. The molecule has 2 heterocycles. The Kier molecular flexibility index (Phi) is 3.41. The molecule has 1 aromatic carbocycles. The summed E-state index contributed by atoms with van der Waals surface area (Å²) in [6.07, 6.45) is 5.28. The lowest BCUT2D eigenvalue weighted by atomic mass is 10.0. The van der Waals surface area contributed by atoms with Crippen LogP contribution in [0.15, 0.2) is 30.7 Å². The van der Waals surface area contributed by atoms with Crippen LogP contribution in [0.1, 0.15) is 28.0 Å². The fourth-order valence-corrected chi connectivity index (χ4v) is 2.37. The van der Waals surface area contributed by atoms with Crippen LogP contribution in [0.4, 0.5) is 0 Å². The third-order valence-corrected chi connectivity index (χ3v) is 3.48. The van der Waals surface area contributed by atoms with E-state index in [1.165, 1.54) is 5.56 Å². The van der Waals surface area contributed by atoms with Crippen molar-refractivity contribution in [3.63, 3.8) is 0 Å². The van der Waals surface area contributed by atoms with Crippen LogP contribution in [0, 0.1) is 0 Å². The van der Waals surface area contributed by atoms with E-state index in [-0.39, 0.29) is 5.91 Å². The summed E-state index contributed by atoms with van der Waals surface area (Å²) in [5, 5.41) is 2.91. The van der Waals surface area contributed by atoms with Gasteiger partial charge in [-0.25, -0.2) is 4.98 Å². The molecule has 0 unspecified atom stereocenters. The predicted molar refractivity (Wildman–Crippen MR) is 74.6 cm³/mol. The highest BCUT2D eigenvalue weighted by Gasteiger charge is 2.12. The maximum absolute atomic E-state index is 12.0. The highest BCUT2D eigenvalue weighted by atomic mass is 16.5. The number of carbonyl (C=O) groups is 1. The molecule has 0 spiro atoms. The van der Waals surface area contributed by atoms with E-state index in [4.69, 9.17) is 4.74 Å². The summed E-state index contributed by atoms with van der Waals surface area (Å²) >= 11 is 0. The van der Waals surface area contributed by atoms with Crippen molar-refractivity contribution in [2.75, 3.05) is 6.61 Å². The first-order chi connectivity index (χ1) is 9.74. The molecule has 104 valence electrons. The molecule has 1 amide bonds. The van der Waals surface area contributed by atoms with Gasteiger partial charge in [0.15, 0.2) is 0 Å². The van der Waals surface area contributed by atoms with Gasteiger partial charge in [-0.15, -0.1) is 0 Å². The number of benzene rings is 1. The van der Waals surface area contributed by atoms with Crippen molar-refractivity contribution in [2.24, 2.45) is 7.05 Å². The maximum atomic E-state index is 12.0. The highest BCUT2D eigenvalue weighted by Crippen LogP contribution is 2.25. The van der Waals surface area contributed by atoms with E-state index >= 15 is 0 Å². The lowest BCUT2D eigenvalue weighted by molar-refractivity contribution is 0.0942. The van der Waals surface area contributed by atoms with E-state index in [1.54, 1.807) is 24.1 Å². The molecule has 2 aromatic rings. The molecule has 0 saturated heterocycles. The molecule has 1 aliphatic heterocycles. The zero-order valence-electron chi connectivity index (χ0n) is 11.4. The van der Waals surface area contributed by atoms with Crippen LogP contribution in [0.5, 0.6) is 5.75 Å². The fraction of sp³-hybridized carbons (Fsp3) is 0.333. The van der Waals surface area contributed by atoms with Crippen molar-refractivity contribution >= 4 is 5.91 Å². The summed E-state index contributed by atoms with van der Waals surface area (Å²) in [7, 11) is 1.80. The van der Waals surface area contributed by atoms with Crippen LogP contribution in [-0.2, 0) is 20.0 Å². The average Bonchev–Trinajstić information content (AvgIpc) is 2.91. The van der Waals surface area contributed by atoms with Crippen molar-refractivity contribution in [2.45, 2.75) is 19.4 Å². The van der Waals surface area contributed by atoms with E-state index in [9.17, 15) is 4.79 Å². The van der Waals surface area contributed by atoms with E-state index in [1.807, 2.05) is 12.1 Å². The first kappa shape index (κ1) is 12.7. The summed E-state index contributed by atoms with van der Waals surface area (Å²) in [6.45, 7) is 1.31. The Hall–Kier alpha value is -2.30. The van der Waals surface area contributed by atoms with Crippen molar-refractivity contribution in [3.8, 4) is 5.75 Å². The molecule has 1 aliphatic rings. The predicted octanol–water partition coefficient (Wildman–Crippen LogP) is 1.68. The van der Waals surface area contributed by atoms with Gasteiger partial charge >= 0.3 is 0 Å². The van der Waals surface area contributed by atoms with Crippen molar-refractivity contribution < 1.29 is 9.53 Å². The quantitative estimate of drug-likeness (QED) is 0.924. The summed E-state index contributed by atoms with van der Waals surface area (Å²) < 4.78 is 7.28. The fourth-order valence-electron chi connectivity index (χ4n) is 2.37. The van der Waals surface area contributed by atoms with E-state index in [0.29, 0.717) is 12.2 Å². The largest absolute Gasteiger partial charge is 0.493 e. The van der Waals surface area contributed by atoms with Crippen LogP contribution in [0.25, 0.3) is 0 Å². The molecule has 0 saturated carbocycles. The normalized spacial score (nSPS) is 13.4. The van der Waals surface area contributed by atoms with Crippen molar-refractivity contribution in [1.29, 1.82) is 0 Å². The minimum absolute atomic E-state index is 0.112. The van der Waals surface area contributed by atoms with Crippen LogP contribution in [0.3, 0.4) is 0 Å². The smallest absolute Gasteiger partial charge is 0.269 e. The molecular weight excluding hydrogens is 254 g/mol. The molecule has 1 aromatic heterocycles. The minimum Gasteiger partial charge on any atom is -0.493 e. The minimum atomic E-state index is -0.112. The summed E-state index contributed by atoms with van der Waals surface area (Å²) in [6, 6.07) is 6.09. The maximum Gasteiger partial charge on any atom is 0.269 e. The van der Waals surface area contributed by atoms with Gasteiger partial charge in [-0.1, -0.05) is 12.1 Å². The number of aromatic nitrogens is 2. The van der Waals surface area contributed by atoms with Gasteiger partial charge in [0.2, 0.25) is 0 Å². The van der Waals surface area contributed by atoms with Gasteiger partial charge < -0.3 is 14.6 Å². The second-order valence-corrected chi connectivity index (χ2v) is 4.97. The Morgan fingerprint density at radius 3 is 3.20 bits per heavy atom. The molecule has 20 heavy (non-hydrogen) atoms. The third kappa shape index (κ3) is 2.52. The number of hydrogen-bond acceptors (Lipinski definition) is 3. The van der Waals surface area contributed by atoms with Gasteiger partial charge in [0, 0.05) is 13.6 Å². The zero-order valence-corrected chi connectivity index (χ0v) is 11.4. The zero-order chi connectivity index (χ0) is 13.9. The Bertz CT molecular complexity index is 634. The first-order valence-corrected chi connectivity index (χ1v) is 6.73. The molecule has 0 fully saturated rings. The first-order valence-electron chi connectivity index (χ1n) is 6.73. The topological polar surface area (TPSA) is 56.2 Å². The van der Waals surface area contributed by atoms with E-state index < -0.39 is 0 Å². The van der Waals surface area contributed by atoms with E-state index in [0.717, 1.165) is 30.8 Å². The van der Waals surface area contributed by atoms with Crippen LogP contribution in [0.2, 0.25) is 0 Å². The van der Waals surface area contributed by atoms with Crippen LogP contribution < -0.4 is 10.1 Å². The molecule has 0 aliphatic carbocycles. The molecule has 5 heteroatoms. The van der Waals surface area contributed by atoms with Gasteiger partial charge in [0.05, 0.1) is 19.1 Å². The summed E-state index contributed by atoms with van der Waals surface area (Å²) in [4.78, 5) is 15.9. The molecule has 3 rings (SSSR count). The monoisotopic (exact) mass is 271 g/mol. The van der Waals surface area contributed by atoms with Crippen LogP contribution in [-0.4, -0.2) is 22.1 Å². The number of imidazole rings is 1. The molecule has 0 radical (unpaired) electrons. The summed E-state index contributed by atoms with van der Waals surface area (Å²) in [5.74, 6) is 0.858. The number of aryl methyl sites for hydroxylation is 2. The Labute approximate surface area is 117 Å². The lowest BCUT2D eigenvalue weighted by Crippen LogP contribution is -2.24. The summed E-state index contributed by atoms with van der Waals surface area (Å²) in [5.41, 5.74) is 2.87. The highest BCUT2D eigenvalue weighted by molar-refractivity contribution is 5.92. The molecular formula is C15H17N3O2. The Morgan fingerprint density at radius 1 is 1.50 bits per heavy atom. The molecule has 0 bridgehead atoms. The average molecular weight is 271 g/mol. The number of amides is 1. The number of fused-ring (bicyclic) bond motifs is 1. The molecule has 5 nitrogen and oxygen atoms in total. The molecule has 0 atom stereocenters. The van der Waals surface area contributed by atoms with Crippen molar-refractivity contribution in [1.82, 2.24) is 14.9 Å². The second-order valence-electron chi connectivity index (χ2n) is 4.97. The Morgan fingerprint density at radius 2 is 2.40 bits per heavy atom. The number of carbonyl (C=O) groups excluding carboxylic acids is 1. The second kappa shape index (κ2) is 5.36. The number of rotatable bonds is 3. The van der Waals surface area contributed by atoms with Gasteiger partial charge in [-0.2, -0.15) is 0 Å². The molecule has 1 N–H and O–H groups in total. The Balaban J connectivity index is 1.67. The van der Waals surface area contributed by atoms with Gasteiger partial charge in [-0.05, 0) is 30.0 Å². The SMILES string of the molecule is Cn1cncc1C(=O)NCc1ccc2c(c1)CCCO2. The van der Waals surface area contributed by atoms with E-state index in [2.05, 4.69) is 16.4 Å². The van der Waals surface area contributed by atoms with Gasteiger partial charge in [0.1, 0.15) is 11.4 Å². The lowest BCUT2D eigenvalue weighted by Gasteiger charge is -2.18. The number of ether oxygens (including phenoxy) is 1. The number of nitrogens with one attached hydrogen (secondary N) is 1. The van der Waals surface area contributed by atoms with Crippen LogP contribution >= 0.6 is 0 Å². The van der Waals surface area contributed by atoms with Gasteiger partial charge in [-0.3, -0.25) is 4.79 Å². The van der Waals surface area contributed by atoms with Gasteiger partial charge in [0.25, 0.3) is 5.91 Å². The number of hydrogen-bond donors (Lipinski definition) is 1. The number of nitrogens with zero attached hydrogens (tertiary/aromatic N) is 2. The van der Waals surface area contributed by atoms with Crippen molar-refractivity contribution in [3.05, 3.63) is 47.5 Å².